The van der Waals surface area contributed by atoms with Gasteiger partial charge in [-0.05, 0) is 11.6 Å². The smallest absolute Gasteiger partial charge is 0.353 e. The molecule has 0 aromatic heterocycles. The van der Waals surface area contributed by atoms with Crippen molar-refractivity contribution in [1.82, 2.24) is 0 Å². The second kappa shape index (κ2) is 8.41. The van der Waals surface area contributed by atoms with Crippen molar-refractivity contribution in [3.05, 3.63) is 65.7 Å². The van der Waals surface area contributed by atoms with Crippen molar-refractivity contribution in [3.63, 3.8) is 0 Å². The van der Waals surface area contributed by atoms with Crippen LogP contribution in [0.3, 0.4) is 0 Å². The number of hydrogen-bond acceptors (Lipinski definition) is 7. The van der Waals surface area contributed by atoms with Crippen LogP contribution in [0.15, 0.2) is 54.6 Å². The zero-order valence-electron chi connectivity index (χ0n) is 15.9. The normalized spacial score (nSPS) is 20.4. The van der Waals surface area contributed by atoms with E-state index in [1.165, 1.54) is 21.3 Å². The largest absolute Gasteiger partial charge is 0.496 e. The summed E-state index contributed by atoms with van der Waals surface area (Å²) in [4.78, 5) is 25.4. The summed E-state index contributed by atoms with van der Waals surface area (Å²) in [6.45, 7) is 0. The van der Waals surface area contributed by atoms with Crippen LogP contribution < -0.4 is 4.74 Å². The van der Waals surface area contributed by atoms with Gasteiger partial charge < -0.3 is 23.7 Å². The number of para-hydroxylation sites is 1. The number of methoxy groups -OCH3 is 3. The van der Waals surface area contributed by atoms with Gasteiger partial charge in [0.05, 0.1) is 21.3 Å². The fourth-order valence-corrected chi connectivity index (χ4v) is 3.28. The van der Waals surface area contributed by atoms with Crippen LogP contribution in [0.1, 0.15) is 17.4 Å². The summed E-state index contributed by atoms with van der Waals surface area (Å²) in [7, 11) is 3.89. The van der Waals surface area contributed by atoms with E-state index in [9.17, 15) is 9.59 Å². The van der Waals surface area contributed by atoms with Crippen LogP contribution in [-0.4, -0.2) is 45.0 Å². The van der Waals surface area contributed by atoms with E-state index in [0.717, 1.165) is 5.56 Å². The van der Waals surface area contributed by atoms with Gasteiger partial charge in [0.2, 0.25) is 0 Å². The number of carbonyl (C=O) groups excluding carboxylic acids is 2. The van der Waals surface area contributed by atoms with Crippen LogP contribution in [0.25, 0.3) is 0 Å². The van der Waals surface area contributed by atoms with E-state index in [-0.39, 0.29) is 6.42 Å². The van der Waals surface area contributed by atoms with Gasteiger partial charge in [0, 0.05) is 12.0 Å². The molecule has 2 aromatic rings. The zero-order valence-corrected chi connectivity index (χ0v) is 15.9. The van der Waals surface area contributed by atoms with Crippen LogP contribution in [0, 0.1) is 0 Å². The molecule has 1 aliphatic rings. The molecule has 0 aliphatic carbocycles. The molecule has 0 amide bonds. The molecule has 0 unspecified atom stereocenters. The average Bonchev–Trinajstić information content (AvgIpc) is 3.13. The Bertz CT molecular complexity index is 818. The third kappa shape index (κ3) is 3.46. The number of rotatable bonds is 6. The average molecular weight is 386 g/mol. The van der Waals surface area contributed by atoms with Crippen LogP contribution >= 0.6 is 0 Å². The Morgan fingerprint density at radius 1 is 0.929 bits per heavy atom. The summed E-state index contributed by atoms with van der Waals surface area (Å²) >= 11 is 0. The minimum absolute atomic E-state index is 0.247. The fraction of sp³-hybridized carbons (Fsp3) is 0.333. The molecule has 0 saturated carbocycles. The summed E-state index contributed by atoms with van der Waals surface area (Å²) in [6, 6.07) is 16.4. The number of benzene rings is 2. The number of carbonyl (C=O) groups is 2. The number of hydrogen-bond donors (Lipinski definition) is 0. The summed E-state index contributed by atoms with van der Waals surface area (Å²) < 4.78 is 27.1. The highest BCUT2D eigenvalue weighted by Crippen LogP contribution is 2.43. The minimum Gasteiger partial charge on any atom is -0.496 e. The summed E-state index contributed by atoms with van der Waals surface area (Å²) in [6.07, 6.45) is -1.72. The SMILES string of the molecule is COC(=O)C1(C(=O)OC)O[C@@H](c2ccccc2OC)O[C@H]1Cc1ccccc1. The molecule has 1 aliphatic heterocycles. The first-order chi connectivity index (χ1) is 13.6. The number of ether oxygens (including phenoxy) is 5. The molecule has 0 N–H and O–H groups in total. The van der Waals surface area contributed by atoms with Gasteiger partial charge >= 0.3 is 11.9 Å². The van der Waals surface area contributed by atoms with E-state index in [4.69, 9.17) is 23.7 Å². The van der Waals surface area contributed by atoms with Crippen molar-refractivity contribution < 1.29 is 33.3 Å². The van der Waals surface area contributed by atoms with E-state index in [1.807, 2.05) is 30.3 Å². The molecule has 7 heteroatoms. The lowest BCUT2D eigenvalue weighted by molar-refractivity contribution is -0.188. The third-order valence-electron chi connectivity index (χ3n) is 4.67. The monoisotopic (exact) mass is 386 g/mol. The third-order valence-corrected chi connectivity index (χ3v) is 4.67. The highest BCUT2D eigenvalue weighted by molar-refractivity contribution is 6.04. The van der Waals surface area contributed by atoms with Gasteiger partial charge in [-0.2, -0.15) is 0 Å². The topological polar surface area (TPSA) is 80.3 Å². The Hall–Kier alpha value is -2.90. The molecule has 0 radical (unpaired) electrons. The highest BCUT2D eigenvalue weighted by Gasteiger charge is 2.63. The van der Waals surface area contributed by atoms with Gasteiger partial charge in [0.15, 0.2) is 6.29 Å². The molecule has 148 valence electrons. The Morgan fingerprint density at radius 2 is 1.54 bits per heavy atom. The maximum Gasteiger partial charge on any atom is 0.353 e. The predicted octanol–water partition coefficient (Wildman–Crippen LogP) is 2.44. The van der Waals surface area contributed by atoms with Crippen molar-refractivity contribution in [2.45, 2.75) is 24.4 Å². The lowest BCUT2D eigenvalue weighted by Gasteiger charge is -2.26. The maximum atomic E-state index is 12.7. The molecule has 2 atom stereocenters. The number of esters is 2. The van der Waals surface area contributed by atoms with Gasteiger partial charge in [-0.1, -0.05) is 48.5 Å². The molecular formula is C21H22O7. The van der Waals surface area contributed by atoms with Crippen molar-refractivity contribution >= 4 is 11.9 Å². The lowest BCUT2D eigenvalue weighted by atomic mass is 9.91. The molecule has 0 bridgehead atoms. The van der Waals surface area contributed by atoms with Gasteiger partial charge in [0.25, 0.3) is 5.60 Å². The van der Waals surface area contributed by atoms with E-state index >= 15 is 0 Å². The van der Waals surface area contributed by atoms with Crippen molar-refractivity contribution in [2.24, 2.45) is 0 Å². The van der Waals surface area contributed by atoms with Crippen LogP contribution in [-0.2, 0) is 35.0 Å². The Balaban J connectivity index is 2.04. The van der Waals surface area contributed by atoms with Crippen LogP contribution in [0.5, 0.6) is 5.75 Å². The highest BCUT2D eigenvalue weighted by atomic mass is 16.8. The van der Waals surface area contributed by atoms with Crippen molar-refractivity contribution in [1.29, 1.82) is 0 Å². The van der Waals surface area contributed by atoms with Crippen molar-refractivity contribution in [3.8, 4) is 5.75 Å². The zero-order chi connectivity index (χ0) is 20.1. The van der Waals surface area contributed by atoms with Gasteiger partial charge in [-0.3, -0.25) is 0 Å². The molecule has 1 saturated heterocycles. The van der Waals surface area contributed by atoms with E-state index in [2.05, 4.69) is 0 Å². The molecule has 1 heterocycles. The predicted molar refractivity (Wildman–Crippen MR) is 98.6 cm³/mol. The Morgan fingerprint density at radius 3 is 2.14 bits per heavy atom. The van der Waals surface area contributed by atoms with Gasteiger partial charge in [0.1, 0.15) is 11.9 Å². The quantitative estimate of drug-likeness (QED) is 0.557. The first kappa shape index (κ1) is 19.9. The first-order valence-electron chi connectivity index (χ1n) is 8.73. The molecule has 7 nitrogen and oxygen atoms in total. The molecule has 2 aromatic carbocycles. The van der Waals surface area contributed by atoms with Gasteiger partial charge in [-0.15, -0.1) is 0 Å². The molecule has 0 spiro atoms. The molecule has 3 rings (SSSR count). The summed E-state index contributed by atoms with van der Waals surface area (Å²) in [5, 5.41) is 0. The second-order valence-corrected chi connectivity index (χ2v) is 6.22. The maximum absolute atomic E-state index is 12.7. The molecule has 1 fully saturated rings. The first-order valence-corrected chi connectivity index (χ1v) is 8.73. The minimum atomic E-state index is -2.05. The second-order valence-electron chi connectivity index (χ2n) is 6.22. The standard InChI is InChI=1S/C21H22O7/c1-24-16-12-8-7-11-15(16)18-27-17(13-14-9-5-4-6-10-14)21(28-18,19(22)25-2)20(23)26-3/h4-12,17-18H,13H2,1-3H3/t17-,18-/m0/s1. The molecular weight excluding hydrogens is 364 g/mol. The van der Waals surface area contributed by atoms with E-state index in [1.54, 1.807) is 24.3 Å². The Kier molecular flexibility index (Phi) is 5.96. The van der Waals surface area contributed by atoms with Crippen LogP contribution in [0.4, 0.5) is 0 Å². The van der Waals surface area contributed by atoms with Crippen molar-refractivity contribution in [2.75, 3.05) is 21.3 Å². The van der Waals surface area contributed by atoms with E-state index in [0.29, 0.717) is 11.3 Å². The van der Waals surface area contributed by atoms with E-state index < -0.39 is 29.9 Å². The Labute approximate surface area is 163 Å². The lowest BCUT2D eigenvalue weighted by Crippen LogP contribution is -2.56. The summed E-state index contributed by atoms with van der Waals surface area (Å²) in [5.74, 6) is -1.24. The fourth-order valence-electron chi connectivity index (χ4n) is 3.28. The van der Waals surface area contributed by atoms with Gasteiger partial charge in [-0.25, -0.2) is 9.59 Å². The molecule has 28 heavy (non-hydrogen) atoms. The summed E-state index contributed by atoms with van der Waals surface area (Å²) in [5.41, 5.74) is -0.628. The van der Waals surface area contributed by atoms with Crippen LogP contribution in [0.2, 0.25) is 0 Å².